The maximum absolute atomic E-state index is 12.1. The van der Waals surface area contributed by atoms with Crippen LogP contribution >= 0.6 is 0 Å². The topological polar surface area (TPSA) is 26.3 Å². The van der Waals surface area contributed by atoms with Crippen molar-refractivity contribution < 1.29 is 9.53 Å². The maximum Gasteiger partial charge on any atom is 0.182 e. The average Bonchev–Trinajstić information content (AvgIpc) is 2.39. The second-order valence-corrected chi connectivity index (χ2v) is 4.44. The molecule has 86 valence electrons. The smallest absolute Gasteiger partial charge is 0.182 e. The lowest BCUT2D eigenvalue weighted by Crippen LogP contribution is -2.22. The molecule has 0 amide bonds. The van der Waals surface area contributed by atoms with E-state index < -0.39 is 6.10 Å². The highest BCUT2D eigenvalue weighted by Gasteiger charge is 2.30. The molecule has 1 aliphatic carbocycles. The van der Waals surface area contributed by atoms with Crippen LogP contribution in [0, 0.1) is 0 Å². The quantitative estimate of drug-likeness (QED) is 0.734. The Morgan fingerprint density at radius 3 is 2.82 bits per heavy atom. The normalized spacial score (nSPS) is 23.3. The van der Waals surface area contributed by atoms with Gasteiger partial charge >= 0.3 is 0 Å². The van der Waals surface area contributed by atoms with E-state index in [4.69, 9.17) is 4.74 Å². The molecule has 0 aromatic heterocycles. The Morgan fingerprint density at radius 1 is 1.18 bits per heavy atom. The zero-order valence-corrected chi connectivity index (χ0v) is 9.56. The second-order valence-electron chi connectivity index (χ2n) is 4.44. The molecule has 1 aromatic carbocycles. The summed E-state index contributed by atoms with van der Waals surface area (Å²) < 4.78 is 5.87. The molecule has 1 unspecified atom stereocenters. The molecule has 0 saturated heterocycles. The molecule has 0 spiro atoms. The van der Waals surface area contributed by atoms with Gasteiger partial charge in [0.2, 0.25) is 0 Å². The number of ether oxygens (including phenoxy) is 1. The molecular weight excluding hydrogens is 212 g/mol. The fraction of sp³-hybridized carbons (Fsp3) is 0.267. The lowest BCUT2D eigenvalue weighted by atomic mass is 9.92. The average molecular weight is 226 g/mol. The molecule has 0 fully saturated rings. The number of benzene rings is 1. The van der Waals surface area contributed by atoms with E-state index in [0.29, 0.717) is 6.42 Å². The summed E-state index contributed by atoms with van der Waals surface area (Å²) in [6.45, 7) is 0. The molecule has 1 aromatic rings. The van der Waals surface area contributed by atoms with E-state index >= 15 is 0 Å². The van der Waals surface area contributed by atoms with Gasteiger partial charge in [-0.1, -0.05) is 42.5 Å². The summed E-state index contributed by atoms with van der Waals surface area (Å²) >= 11 is 0. The summed E-state index contributed by atoms with van der Waals surface area (Å²) in [4.78, 5) is 12.1. The summed E-state index contributed by atoms with van der Waals surface area (Å²) in [6, 6.07) is 9.73. The van der Waals surface area contributed by atoms with Crippen LogP contribution in [0.4, 0.5) is 0 Å². The first kappa shape index (κ1) is 10.3. The summed E-state index contributed by atoms with van der Waals surface area (Å²) in [5.41, 5.74) is 2.02. The lowest BCUT2D eigenvalue weighted by molar-refractivity contribution is -0.129. The van der Waals surface area contributed by atoms with Gasteiger partial charge < -0.3 is 4.74 Å². The predicted octanol–water partition coefficient (Wildman–Crippen LogP) is 3.32. The van der Waals surface area contributed by atoms with Crippen molar-refractivity contribution in [1.29, 1.82) is 0 Å². The Hall–Kier alpha value is -1.83. The molecule has 0 radical (unpaired) electrons. The van der Waals surface area contributed by atoms with Crippen molar-refractivity contribution in [2.75, 3.05) is 0 Å². The van der Waals surface area contributed by atoms with E-state index in [-0.39, 0.29) is 5.78 Å². The Bertz CT molecular complexity index is 497. The zero-order valence-electron chi connectivity index (χ0n) is 9.56. The van der Waals surface area contributed by atoms with Gasteiger partial charge in [-0.25, -0.2) is 0 Å². The molecule has 1 heterocycles. The van der Waals surface area contributed by atoms with E-state index in [9.17, 15) is 4.79 Å². The van der Waals surface area contributed by atoms with Crippen molar-refractivity contribution in [3.63, 3.8) is 0 Å². The third-order valence-electron chi connectivity index (χ3n) is 3.23. The number of hydrogen-bond acceptors (Lipinski definition) is 2. The largest absolute Gasteiger partial charge is 0.482 e. The van der Waals surface area contributed by atoms with Crippen LogP contribution in [0.1, 0.15) is 30.9 Å². The first-order chi connectivity index (χ1) is 8.34. The van der Waals surface area contributed by atoms with Gasteiger partial charge in [-0.2, -0.15) is 0 Å². The van der Waals surface area contributed by atoms with Gasteiger partial charge in [-0.3, -0.25) is 4.79 Å². The van der Waals surface area contributed by atoms with E-state index in [1.165, 1.54) is 0 Å². The van der Waals surface area contributed by atoms with Crippen LogP contribution in [-0.2, 0) is 9.53 Å². The molecule has 2 aliphatic rings. The summed E-state index contributed by atoms with van der Waals surface area (Å²) in [7, 11) is 0. The van der Waals surface area contributed by atoms with Crippen molar-refractivity contribution in [2.45, 2.75) is 25.4 Å². The standard InChI is InChI=1S/C15H14O2/c16-13-10-12-8-4-5-9-14(12)17-15(13)11-6-2-1-3-7-11/h1-4,6-8,15H,5,9-10H2. The summed E-state index contributed by atoms with van der Waals surface area (Å²) in [5, 5.41) is 0. The third kappa shape index (κ3) is 1.91. The molecule has 0 saturated carbocycles. The highest BCUT2D eigenvalue weighted by molar-refractivity contribution is 5.88. The first-order valence-corrected chi connectivity index (χ1v) is 5.97. The van der Waals surface area contributed by atoms with Crippen molar-refractivity contribution >= 4 is 5.78 Å². The number of ketones is 1. The van der Waals surface area contributed by atoms with Crippen LogP contribution in [0.2, 0.25) is 0 Å². The minimum atomic E-state index is -0.401. The van der Waals surface area contributed by atoms with Gasteiger partial charge in [0.1, 0.15) is 5.76 Å². The molecule has 17 heavy (non-hydrogen) atoms. The van der Waals surface area contributed by atoms with Crippen LogP contribution in [0.15, 0.2) is 53.8 Å². The number of allylic oxidation sites excluding steroid dienone is 4. The van der Waals surface area contributed by atoms with E-state index in [1.54, 1.807) is 0 Å². The monoisotopic (exact) mass is 226 g/mol. The molecule has 2 heteroatoms. The van der Waals surface area contributed by atoms with Gasteiger partial charge in [0.15, 0.2) is 11.9 Å². The van der Waals surface area contributed by atoms with Gasteiger partial charge in [0, 0.05) is 12.8 Å². The van der Waals surface area contributed by atoms with Crippen LogP contribution in [-0.4, -0.2) is 5.78 Å². The zero-order chi connectivity index (χ0) is 11.7. The Morgan fingerprint density at radius 2 is 2.00 bits per heavy atom. The number of Topliss-reactive ketones (excluding diaryl/α,β-unsaturated/α-hetero) is 1. The fourth-order valence-electron chi connectivity index (χ4n) is 2.36. The van der Waals surface area contributed by atoms with E-state index in [2.05, 4.69) is 6.08 Å². The highest BCUT2D eigenvalue weighted by Crippen LogP contribution is 2.35. The molecular formula is C15H14O2. The van der Waals surface area contributed by atoms with Crippen molar-refractivity contribution in [3.05, 3.63) is 59.4 Å². The Balaban J connectivity index is 1.92. The molecule has 0 N–H and O–H groups in total. The highest BCUT2D eigenvalue weighted by atomic mass is 16.5. The predicted molar refractivity (Wildman–Crippen MR) is 65.3 cm³/mol. The molecule has 3 rings (SSSR count). The number of carbonyl (C=O) groups is 1. The van der Waals surface area contributed by atoms with E-state index in [0.717, 1.165) is 29.7 Å². The van der Waals surface area contributed by atoms with Crippen molar-refractivity contribution in [2.24, 2.45) is 0 Å². The van der Waals surface area contributed by atoms with Gasteiger partial charge in [-0.05, 0) is 17.6 Å². The van der Waals surface area contributed by atoms with Crippen LogP contribution in [0.25, 0.3) is 0 Å². The molecule has 0 bridgehead atoms. The van der Waals surface area contributed by atoms with Crippen LogP contribution in [0.5, 0.6) is 0 Å². The summed E-state index contributed by atoms with van der Waals surface area (Å²) in [5.74, 6) is 1.16. The molecule has 1 atom stereocenters. The Labute approximate surface area is 101 Å². The summed E-state index contributed by atoms with van der Waals surface area (Å²) in [6.07, 6.45) is 6.17. The van der Waals surface area contributed by atoms with Gasteiger partial charge in [0.25, 0.3) is 0 Å². The van der Waals surface area contributed by atoms with Crippen molar-refractivity contribution in [3.8, 4) is 0 Å². The van der Waals surface area contributed by atoms with Gasteiger partial charge in [-0.15, -0.1) is 0 Å². The Kier molecular flexibility index (Phi) is 2.56. The number of carbonyl (C=O) groups excluding carboxylic acids is 1. The minimum Gasteiger partial charge on any atom is -0.482 e. The van der Waals surface area contributed by atoms with Crippen LogP contribution in [0.3, 0.4) is 0 Å². The number of rotatable bonds is 1. The van der Waals surface area contributed by atoms with Crippen molar-refractivity contribution in [1.82, 2.24) is 0 Å². The second kappa shape index (κ2) is 4.21. The fourth-order valence-corrected chi connectivity index (χ4v) is 2.36. The SMILES string of the molecule is O=C1CC2=C(CCC=C2)OC1c1ccccc1. The third-order valence-corrected chi connectivity index (χ3v) is 3.23. The lowest BCUT2D eigenvalue weighted by Gasteiger charge is -2.28. The molecule has 2 nitrogen and oxygen atoms in total. The van der Waals surface area contributed by atoms with E-state index in [1.807, 2.05) is 36.4 Å². The van der Waals surface area contributed by atoms with Crippen LogP contribution < -0.4 is 0 Å². The molecule has 1 aliphatic heterocycles. The minimum absolute atomic E-state index is 0.154. The maximum atomic E-state index is 12.1. The van der Waals surface area contributed by atoms with Gasteiger partial charge in [0.05, 0.1) is 0 Å². The number of hydrogen-bond donors (Lipinski definition) is 0. The first-order valence-electron chi connectivity index (χ1n) is 5.97.